The third kappa shape index (κ3) is 3.50. The Bertz CT molecular complexity index is 562. The highest BCUT2D eigenvalue weighted by Gasteiger charge is 2.37. The number of carbonyl (C=O) groups excluding carboxylic acids is 1. The quantitative estimate of drug-likeness (QED) is 0.618. The monoisotopic (exact) mass is 324 g/mol. The number of alkyl halides is 3. The Labute approximate surface area is 107 Å². The molecule has 0 aliphatic rings. The van der Waals surface area contributed by atoms with Crippen LogP contribution in [-0.4, -0.2) is 21.7 Å². The van der Waals surface area contributed by atoms with Crippen LogP contribution in [0.25, 0.3) is 0 Å². The van der Waals surface area contributed by atoms with Gasteiger partial charge in [0, 0.05) is 10.7 Å². The second kappa shape index (κ2) is 4.94. The maximum Gasteiger partial charge on any atom is 0.514 e. The van der Waals surface area contributed by atoms with Gasteiger partial charge in [-0.05, 0) is 6.07 Å². The van der Waals surface area contributed by atoms with Gasteiger partial charge in [-0.15, -0.1) is 0 Å². The average molecular weight is 325 g/mol. The smallest absolute Gasteiger partial charge is 0.437 e. The molecule has 18 heavy (non-hydrogen) atoms. The maximum absolute atomic E-state index is 12.4. The van der Waals surface area contributed by atoms with Crippen LogP contribution in [0.15, 0.2) is 11.0 Å². The first-order chi connectivity index (χ1) is 8.05. The third-order valence-corrected chi connectivity index (χ3v) is 4.07. The Balaban J connectivity index is 3.31. The summed E-state index contributed by atoms with van der Waals surface area (Å²) in [6.45, 7) is 0. The van der Waals surface area contributed by atoms with E-state index in [2.05, 4.69) is 9.47 Å². The molecule has 102 valence electrons. The van der Waals surface area contributed by atoms with Gasteiger partial charge in [-0.25, -0.2) is 13.2 Å². The topological polar surface area (TPSA) is 69.7 Å². The van der Waals surface area contributed by atoms with E-state index >= 15 is 0 Å². The number of ether oxygens (including phenoxy) is 2. The predicted octanol–water partition coefficient (Wildman–Crippen LogP) is 2.84. The van der Waals surface area contributed by atoms with Gasteiger partial charge >= 0.3 is 12.3 Å². The van der Waals surface area contributed by atoms with Crippen LogP contribution in [0.1, 0.15) is 4.88 Å². The summed E-state index contributed by atoms with van der Waals surface area (Å²) in [6.07, 6.45) is -6.13. The third-order valence-electron chi connectivity index (χ3n) is 1.55. The molecule has 0 unspecified atom stereocenters. The van der Waals surface area contributed by atoms with E-state index in [1.54, 1.807) is 0 Å². The molecule has 0 spiro atoms. The normalized spacial score (nSPS) is 12.3. The second-order valence-corrected chi connectivity index (χ2v) is 6.30. The molecule has 0 aliphatic carbocycles. The lowest BCUT2D eigenvalue weighted by Crippen LogP contribution is -2.07. The van der Waals surface area contributed by atoms with Crippen LogP contribution < -0.4 is 4.74 Å². The van der Waals surface area contributed by atoms with Crippen LogP contribution in [0.4, 0.5) is 18.0 Å². The summed E-state index contributed by atoms with van der Waals surface area (Å²) in [4.78, 5) is 8.56. The second-order valence-electron chi connectivity index (χ2n) is 2.75. The number of hydrogen-bond acceptors (Lipinski definition) is 6. The van der Waals surface area contributed by atoms with E-state index in [4.69, 9.17) is 10.7 Å². The summed E-state index contributed by atoms with van der Waals surface area (Å²) in [5.74, 6) is 0. The van der Waals surface area contributed by atoms with E-state index in [1.807, 2.05) is 0 Å². The van der Waals surface area contributed by atoms with Gasteiger partial charge < -0.3 is 9.47 Å². The van der Waals surface area contributed by atoms with Crippen molar-refractivity contribution in [3.63, 3.8) is 0 Å². The highest BCUT2D eigenvalue weighted by atomic mass is 35.7. The van der Waals surface area contributed by atoms with E-state index in [0.717, 1.165) is 7.11 Å². The van der Waals surface area contributed by atoms with E-state index in [1.165, 1.54) is 0 Å². The molecule has 1 aromatic rings. The molecule has 0 fully saturated rings. The van der Waals surface area contributed by atoms with Gasteiger partial charge in [0.15, 0.2) is 0 Å². The predicted molar refractivity (Wildman–Crippen MR) is 55.4 cm³/mol. The van der Waals surface area contributed by atoms with Crippen molar-refractivity contribution in [1.29, 1.82) is 0 Å². The summed E-state index contributed by atoms with van der Waals surface area (Å²) >= 11 is -0.0747. The first kappa shape index (κ1) is 15.1. The van der Waals surface area contributed by atoms with Crippen LogP contribution in [0.2, 0.25) is 0 Å². The first-order valence-electron chi connectivity index (χ1n) is 3.97. The minimum absolute atomic E-state index is 0.0747. The standard InChI is InChI=1S/C7H4ClF3O5S2/c1-15-6(12)16-5-3(18(8,13)14)2-4(17-5)7(9,10)11/h2H,1H3. The Morgan fingerprint density at radius 2 is 2.00 bits per heavy atom. The van der Waals surface area contributed by atoms with Gasteiger partial charge in [0.05, 0.1) is 7.11 Å². The fourth-order valence-corrected chi connectivity index (χ4v) is 3.13. The molecule has 0 bridgehead atoms. The highest BCUT2D eigenvalue weighted by Crippen LogP contribution is 2.43. The molecule has 0 aromatic carbocycles. The number of hydrogen-bond donors (Lipinski definition) is 0. The molecule has 5 nitrogen and oxygen atoms in total. The van der Waals surface area contributed by atoms with Crippen molar-refractivity contribution in [3.05, 3.63) is 10.9 Å². The number of rotatable bonds is 2. The van der Waals surface area contributed by atoms with Crippen LogP contribution in [-0.2, 0) is 20.0 Å². The zero-order chi connectivity index (χ0) is 14.1. The van der Waals surface area contributed by atoms with Gasteiger partial charge in [-0.1, -0.05) is 11.3 Å². The van der Waals surface area contributed by atoms with Gasteiger partial charge in [0.1, 0.15) is 9.77 Å². The molecular formula is C7H4ClF3O5S2. The van der Waals surface area contributed by atoms with Crippen LogP contribution in [0, 0.1) is 0 Å². The first-order valence-corrected chi connectivity index (χ1v) is 7.09. The minimum Gasteiger partial charge on any atom is -0.437 e. The zero-order valence-electron chi connectivity index (χ0n) is 8.45. The van der Waals surface area contributed by atoms with E-state index in [-0.39, 0.29) is 17.4 Å². The highest BCUT2D eigenvalue weighted by molar-refractivity contribution is 8.14. The van der Waals surface area contributed by atoms with Crippen LogP contribution in [0.3, 0.4) is 0 Å². The van der Waals surface area contributed by atoms with Gasteiger partial charge in [0.2, 0.25) is 5.06 Å². The lowest BCUT2D eigenvalue weighted by atomic mass is 10.4. The average Bonchev–Trinajstić information content (AvgIpc) is 2.60. The van der Waals surface area contributed by atoms with Crippen molar-refractivity contribution in [2.75, 3.05) is 7.11 Å². The lowest BCUT2D eigenvalue weighted by molar-refractivity contribution is -0.134. The van der Waals surface area contributed by atoms with Crippen molar-refractivity contribution >= 4 is 37.2 Å². The van der Waals surface area contributed by atoms with Crippen molar-refractivity contribution in [2.24, 2.45) is 0 Å². The molecule has 0 atom stereocenters. The van der Waals surface area contributed by atoms with Crippen molar-refractivity contribution in [3.8, 4) is 5.06 Å². The SMILES string of the molecule is COC(=O)Oc1sc(C(F)(F)F)cc1S(=O)(=O)Cl. The largest absolute Gasteiger partial charge is 0.514 e. The number of halogens is 4. The summed E-state index contributed by atoms with van der Waals surface area (Å²) in [5, 5.41) is -0.802. The van der Waals surface area contributed by atoms with E-state index < -0.39 is 36.2 Å². The molecule has 0 saturated heterocycles. The molecule has 0 N–H and O–H groups in total. The summed E-state index contributed by atoms with van der Waals surface area (Å²) in [7, 11) is 1.37. The summed E-state index contributed by atoms with van der Waals surface area (Å²) in [5.41, 5.74) is 0. The fourth-order valence-electron chi connectivity index (χ4n) is 0.856. The molecule has 1 heterocycles. The van der Waals surface area contributed by atoms with E-state index in [9.17, 15) is 26.4 Å². The van der Waals surface area contributed by atoms with Crippen LogP contribution in [0.5, 0.6) is 5.06 Å². The molecule has 0 amide bonds. The number of carbonyl (C=O) groups is 1. The van der Waals surface area contributed by atoms with Crippen molar-refractivity contribution < 1.29 is 35.9 Å². The number of thiophene rings is 1. The lowest BCUT2D eigenvalue weighted by Gasteiger charge is -2.01. The molecule has 11 heteroatoms. The van der Waals surface area contributed by atoms with Crippen molar-refractivity contribution in [1.82, 2.24) is 0 Å². The Morgan fingerprint density at radius 1 is 1.44 bits per heavy atom. The molecule has 0 radical (unpaired) electrons. The summed E-state index contributed by atoms with van der Waals surface area (Å²) in [6, 6.07) is 0.283. The van der Waals surface area contributed by atoms with E-state index in [0.29, 0.717) is 0 Å². The molecule has 0 saturated carbocycles. The fraction of sp³-hybridized carbons (Fsp3) is 0.286. The van der Waals surface area contributed by atoms with Gasteiger partial charge in [-0.3, -0.25) is 0 Å². The molecule has 1 aromatic heterocycles. The van der Waals surface area contributed by atoms with Gasteiger partial charge in [-0.2, -0.15) is 13.2 Å². The summed E-state index contributed by atoms with van der Waals surface area (Å²) < 4.78 is 67.6. The maximum atomic E-state index is 12.4. The Morgan fingerprint density at radius 3 is 2.39 bits per heavy atom. The van der Waals surface area contributed by atoms with Crippen molar-refractivity contribution in [2.45, 2.75) is 11.1 Å². The zero-order valence-corrected chi connectivity index (χ0v) is 10.8. The molecular weight excluding hydrogens is 321 g/mol. The molecule has 0 aliphatic heterocycles. The van der Waals surface area contributed by atoms with Crippen LogP contribution >= 0.6 is 22.0 Å². The Hall–Kier alpha value is -1.00. The number of methoxy groups -OCH3 is 1. The minimum atomic E-state index is -4.78. The van der Waals surface area contributed by atoms with Gasteiger partial charge in [0.25, 0.3) is 9.05 Å². The Kier molecular flexibility index (Phi) is 4.13. The molecule has 1 rings (SSSR count).